The van der Waals surface area contributed by atoms with Crippen LogP contribution in [0.4, 0.5) is 37.7 Å². The number of rotatable bonds is 12. The number of carboxylic acids is 2. The first-order valence-electron chi connectivity index (χ1n) is 14.2. The minimum absolute atomic E-state index is 0.0107. The SMILES string of the molecule is CCOc1cc2ncc(C(N)=O)c(Nc3cccc(CNC(C)CO)c3CC)c2cc1OCC.O=C(O)C(F)(F)F.O=C(O)C(F)(F)F. The summed E-state index contributed by atoms with van der Waals surface area (Å²) in [6.45, 7) is 9.48. The average Bonchev–Trinajstić information content (AvgIpc) is 3.00. The fraction of sp³-hybridized carbons (Fsp3) is 0.400. The van der Waals surface area contributed by atoms with Crippen molar-refractivity contribution in [2.45, 2.75) is 59.1 Å². The third kappa shape index (κ3) is 12.4. The number of ether oxygens (including phenoxy) is 2. The van der Waals surface area contributed by atoms with E-state index in [0.29, 0.717) is 53.4 Å². The molecular weight excluding hydrogens is 658 g/mol. The van der Waals surface area contributed by atoms with Gasteiger partial charge in [0, 0.05) is 35.9 Å². The summed E-state index contributed by atoms with van der Waals surface area (Å²) in [7, 11) is 0. The van der Waals surface area contributed by atoms with Gasteiger partial charge in [0.1, 0.15) is 0 Å². The highest BCUT2D eigenvalue weighted by atomic mass is 19.4. The van der Waals surface area contributed by atoms with Gasteiger partial charge >= 0.3 is 24.3 Å². The number of carbonyl (C=O) groups excluding carboxylic acids is 1. The predicted octanol–water partition coefficient (Wildman–Crippen LogP) is 5.17. The quantitative estimate of drug-likeness (QED) is 0.137. The number of anilines is 2. The highest BCUT2D eigenvalue weighted by molar-refractivity contribution is 6.08. The fourth-order valence-corrected chi connectivity index (χ4v) is 3.88. The van der Waals surface area contributed by atoms with Crippen LogP contribution in [0, 0.1) is 0 Å². The molecule has 0 aliphatic rings. The van der Waals surface area contributed by atoms with Crippen molar-refractivity contribution < 1.29 is 65.5 Å². The molecule has 3 aromatic rings. The van der Waals surface area contributed by atoms with E-state index in [4.69, 9.17) is 35.0 Å². The summed E-state index contributed by atoms with van der Waals surface area (Å²) < 4.78 is 75.0. The lowest BCUT2D eigenvalue weighted by Crippen LogP contribution is -2.29. The summed E-state index contributed by atoms with van der Waals surface area (Å²) in [5.41, 5.74) is 10.3. The number of hydrogen-bond acceptors (Lipinski definition) is 9. The number of aliphatic carboxylic acids is 2. The van der Waals surface area contributed by atoms with Gasteiger partial charge in [-0.3, -0.25) is 9.78 Å². The number of hydrogen-bond donors (Lipinski definition) is 6. The number of alkyl halides is 6. The van der Waals surface area contributed by atoms with Crippen molar-refractivity contribution >= 4 is 40.1 Å². The van der Waals surface area contributed by atoms with Crippen LogP contribution in [-0.2, 0) is 22.6 Å². The number of nitrogens with zero attached hydrogens (tertiary/aromatic N) is 1. The molecule has 0 bridgehead atoms. The molecule has 0 aliphatic carbocycles. The molecule has 266 valence electrons. The first-order valence-corrected chi connectivity index (χ1v) is 14.2. The number of nitrogens with two attached hydrogens (primary N) is 1. The molecule has 1 heterocycles. The van der Waals surface area contributed by atoms with E-state index >= 15 is 0 Å². The monoisotopic (exact) mass is 694 g/mol. The molecule has 0 saturated carbocycles. The standard InChI is InChI=1S/C26H34N4O4.2C2HF3O2/c1-5-18-17(13-28-16(4)15-31)9-8-10-21(18)30-25-19-11-23(33-6-2)24(34-7-3)12-22(19)29-14-20(25)26(27)32;2*3-2(4,5)1(6)7/h8-12,14,16,28,31H,5-7,13,15H2,1-4H3,(H2,27,32)(H,29,30);2*(H,6,7). The highest BCUT2D eigenvalue weighted by Crippen LogP contribution is 2.38. The minimum atomic E-state index is -5.08. The zero-order valence-electron chi connectivity index (χ0n) is 26.3. The van der Waals surface area contributed by atoms with Crippen LogP contribution in [0.2, 0.25) is 0 Å². The van der Waals surface area contributed by atoms with Gasteiger partial charge in [0.15, 0.2) is 11.5 Å². The Morgan fingerprint density at radius 1 is 0.938 bits per heavy atom. The lowest BCUT2D eigenvalue weighted by atomic mass is 10.0. The number of primary amides is 1. The van der Waals surface area contributed by atoms with Crippen molar-refractivity contribution in [3.05, 3.63) is 53.2 Å². The van der Waals surface area contributed by atoms with Crippen molar-refractivity contribution in [3.8, 4) is 11.5 Å². The topological polar surface area (TPSA) is 193 Å². The maximum atomic E-state index is 12.3. The van der Waals surface area contributed by atoms with Gasteiger partial charge in [-0.15, -0.1) is 0 Å². The van der Waals surface area contributed by atoms with Gasteiger partial charge < -0.3 is 41.2 Å². The van der Waals surface area contributed by atoms with Gasteiger partial charge in [0.2, 0.25) is 0 Å². The fourth-order valence-electron chi connectivity index (χ4n) is 3.88. The normalized spacial score (nSPS) is 11.7. The van der Waals surface area contributed by atoms with Gasteiger partial charge in [-0.1, -0.05) is 19.1 Å². The molecule has 0 spiro atoms. The highest BCUT2D eigenvalue weighted by Gasteiger charge is 2.38. The number of carbonyl (C=O) groups is 3. The van der Waals surface area contributed by atoms with E-state index in [-0.39, 0.29) is 12.6 Å². The molecule has 12 nitrogen and oxygen atoms in total. The summed E-state index contributed by atoms with van der Waals surface area (Å²) in [4.78, 5) is 34.6. The molecule has 1 amide bonds. The third-order valence-electron chi connectivity index (χ3n) is 6.08. The van der Waals surface area contributed by atoms with Gasteiger partial charge in [-0.05, 0) is 50.5 Å². The number of aliphatic hydroxyl groups excluding tert-OH is 1. The van der Waals surface area contributed by atoms with E-state index in [1.54, 1.807) is 0 Å². The molecule has 18 heteroatoms. The van der Waals surface area contributed by atoms with Crippen molar-refractivity contribution in [2.75, 3.05) is 25.1 Å². The van der Waals surface area contributed by atoms with Crippen LogP contribution in [0.3, 0.4) is 0 Å². The molecular formula is C30H36F6N4O8. The second kappa shape index (κ2) is 18.5. The van der Waals surface area contributed by atoms with Crippen molar-refractivity contribution in [2.24, 2.45) is 5.73 Å². The van der Waals surface area contributed by atoms with Crippen molar-refractivity contribution in [1.82, 2.24) is 10.3 Å². The molecule has 0 radical (unpaired) electrons. The third-order valence-corrected chi connectivity index (χ3v) is 6.08. The molecule has 1 atom stereocenters. The number of benzene rings is 2. The Morgan fingerprint density at radius 2 is 1.46 bits per heavy atom. The van der Waals surface area contributed by atoms with Gasteiger partial charge in [-0.2, -0.15) is 26.3 Å². The zero-order valence-corrected chi connectivity index (χ0v) is 26.3. The maximum Gasteiger partial charge on any atom is 0.490 e. The van der Waals surface area contributed by atoms with Crippen molar-refractivity contribution in [3.63, 3.8) is 0 Å². The van der Waals surface area contributed by atoms with Crippen LogP contribution < -0.4 is 25.8 Å². The summed E-state index contributed by atoms with van der Waals surface area (Å²) in [5.74, 6) is -4.91. The molecule has 1 unspecified atom stereocenters. The summed E-state index contributed by atoms with van der Waals surface area (Å²) in [6.07, 6.45) is -7.90. The Balaban J connectivity index is 0.000000687. The maximum absolute atomic E-state index is 12.3. The number of aliphatic hydroxyl groups is 1. The Labute approximate surface area is 270 Å². The molecule has 7 N–H and O–H groups in total. The van der Waals surface area contributed by atoms with E-state index in [2.05, 4.69) is 28.6 Å². The van der Waals surface area contributed by atoms with Gasteiger partial charge in [0.25, 0.3) is 5.91 Å². The number of aromatic nitrogens is 1. The number of pyridine rings is 1. The first-order chi connectivity index (χ1) is 22.3. The van der Waals surface area contributed by atoms with E-state index in [1.807, 2.05) is 45.0 Å². The Morgan fingerprint density at radius 3 is 1.90 bits per heavy atom. The largest absolute Gasteiger partial charge is 0.490 e. The predicted molar refractivity (Wildman–Crippen MR) is 162 cm³/mol. The second-order valence-electron chi connectivity index (χ2n) is 9.59. The van der Waals surface area contributed by atoms with Crippen LogP contribution in [0.1, 0.15) is 49.2 Å². The lowest BCUT2D eigenvalue weighted by Gasteiger charge is -2.20. The molecule has 0 fully saturated rings. The molecule has 3 rings (SSSR count). The molecule has 48 heavy (non-hydrogen) atoms. The van der Waals surface area contributed by atoms with E-state index in [1.165, 1.54) is 6.20 Å². The molecule has 1 aromatic heterocycles. The van der Waals surface area contributed by atoms with Crippen LogP contribution in [0.5, 0.6) is 11.5 Å². The van der Waals surface area contributed by atoms with Crippen LogP contribution in [0.15, 0.2) is 36.5 Å². The summed E-state index contributed by atoms with van der Waals surface area (Å²) >= 11 is 0. The van der Waals surface area contributed by atoms with E-state index in [0.717, 1.165) is 23.2 Å². The van der Waals surface area contributed by atoms with Gasteiger partial charge in [-0.25, -0.2) is 9.59 Å². The van der Waals surface area contributed by atoms with E-state index in [9.17, 15) is 36.2 Å². The Bertz CT molecular complexity index is 1530. The van der Waals surface area contributed by atoms with Crippen LogP contribution in [0.25, 0.3) is 10.9 Å². The van der Waals surface area contributed by atoms with E-state index < -0.39 is 30.2 Å². The van der Waals surface area contributed by atoms with Crippen LogP contribution in [-0.4, -0.2) is 76.4 Å². The number of halogens is 6. The number of amides is 1. The van der Waals surface area contributed by atoms with Crippen molar-refractivity contribution in [1.29, 1.82) is 0 Å². The molecule has 2 aromatic carbocycles. The number of nitrogens with one attached hydrogen (secondary N) is 2. The Hall–Kier alpha value is -4.84. The Kier molecular flexibility index (Phi) is 15.9. The lowest BCUT2D eigenvalue weighted by molar-refractivity contribution is -0.193. The summed E-state index contributed by atoms with van der Waals surface area (Å²) in [5, 5.41) is 31.1. The number of fused-ring (bicyclic) bond motifs is 1. The first kappa shape index (κ1) is 41.2. The molecule has 0 saturated heterocycles. The minimum Gasteiger partial charge on any atom is -0.490 e. The second-order valence-corrected chi connectivity index (χ2v) is 9.59. The summed E-state index contributed by atoms with van der Waals surface area (Å²) in [6, 6.07) is 9.65. The van der Waals surface area contributed by atoms with Crippen LogP contribution >= 0.6 is 0 Å². The molecule has 0 aliphatic heterocycles. The zero-order chi connectivity index (χ0) is 36.8. The number of carboxylic acid groups (broad SMARTS) is 2. The van der Waals surface area contributed by atoms with Gasteiger partial charge in [0.05, 0.1) is 36.6 Å². The average molecular weight is 695 g/mol. The smallest absolute Gasteiger partial charge is 0.490 e.